The molecular formula is C28H26N2O4. The second kappa shape index (κ2) is 9.67. The number of carbonyl (C=O) groups is 2. The van der Waals surface area contributed by atoms with E-state index in [2.05, 4.69) is 0 Å². The van der Waals surface area contributed by atoms with Crippen LogP contribution in [-0.2, 0) is 9.59 Å². The molecule has 0 saturated carbocycles. The van der Waals surface area contributed by atoms with Crippen LogP contribution >= 0.6 is 0 Å². The third kappa shape index (κ3) is 4.43. The Labute approximate surface area is 199 Å². The van der Waals surface area contributed by atoms with E-state index in [4.69, 9.17) is 4.74 Å². The molecular weight excluding hydrogens is 428 g/mol. The normalized spacial score (nSPS) is 15.8. The molecule has 0 spiro atoms. The number of aliphatic hydroxyl groups is 1. The van der Waals surface area contributed by atoms with Gasteiger partial charge in [0.1, 0.15) is 5.75 Å². The van der Waals surface area contributed by atoms with Crippen LogP contribution in [0.3, 0.4) is 0 Å². The highest BCUT2D eigenvalue weighted by Crippen LogP contribution is 2.41. The Balaban J connectivity index is 1.77. The smallest absolute Gasteiger partial charge is 0.294 e. The zero-order valence-corrected chi connectivity index (χ0v) is 19.3. The molecule has 4 rings (SSSR count). The molecule has 0 aliphatic carbocycles. The van der Waals surface area contributed by atoms with Crippen molar-refractivity contribution in [3.05, 3.63) is 107 Å². The summed E-state index contributed by atoms with van der Waals surface area (Å²) in [6, 6.07) is 23.1. The Morgan fingerprint density at radius 3 is 2.21 bits per heavy atom. The number of hydrogen-bond donors (Lipinski definition) is 1. The Kier molecular flexibility index (Phi) is 6.50. The maximum Gasteiger partial charge on any atom is 0.294 e. The van der Waals surface area contributed by atoms with Crippen LogP contribution in [0.15, 0.2) is 96.3 Å². The summed E-state index contributed by atoms with van der Waals surface area (Å²) in [6.07, 6.45) is 3.07. The second-order valence-corrected chi connectivity index (χ2v) is 8.13. The highest BCUT2D eigenvalue weighted by Gasteiger charge is 2.43. The maximum atomic E-state index is 13.3. The number of allylic oxidation sites excluding steroid dienone is 1. The highest BCUT2D eigenvalue weighted by atomic mass is 16.5. The standard InChI is InChI=1S/C28H26N2O4/c1-29(2)21-12-10-20(11-13-21)26-25(24(31)18-9-19-7-5-4-6-8-19)27(32)28(33)30(26)22-14-16-23(34-3)17-15-22/h4-18,26,32H,1-3H3/b18-9-/t26-/m1/s1. The van der Waals surface area contributed by atoms with E-state index in [0.29, 0.717) is 11.4 Å². The SMILES string of the molecule is COc1ccc(N2C(=O)C(O)=C(C(=O)/C=C\c3ccccc3)[C@H]2c2ccc(N(C)C)cc2)cc1. The molecule has 0 aromatic heterocycles. The van der Waals surface area contributed by atoms with Gasteiger partial charge in [-0.25, -0.2) is 0 Å². The average molecular weight is 455 g/mol. The fourth-order valence-corrected chi connectivity index (χ4v) is 3.96. The predicted octanol–water partition coefficient (Wildman–Crippen LogP) is 4.94. The average Bonchev–Trinajstić information content (AvgIpc) is 3.13. The summed E-state index contributed by atoms with van der Waals surface area (Å²) in [7, 11) is 5.44. The molecule has 0 radical (unpaired) electrons. The Hall–Kier alpha value is -4.32. The van der Waals surface area contributed by atoms with Gasteiger partial charge in [0, 0.05) is 25.5 Å². The number of amides is 1. The minimum atomic E-state index is -0.773. The molecule has 1 heterocycles. The van der Waals surface area contributed by atoms with Gasteiger partial charge in [-0.2, -0.15) is 0 Å². The number of ketones is 1. The molecule has 3 aromatic carbocycles. The van der Waals surface area contributed by atoms with Crippen molar-refractivity contribution in [1.29, 1.82) is 0 Å². The van der Waals surface area contributed by atoms with Gasteiger partial charge in [0.25, 0.3) is 5.91 Å². The first kappa shape index (κ1) is 22.9. The van der Waals surface area contributed by atoms with Crippen molar-refractivity contribution in [2.24, 2.45) is 0 Å². The molecule has 6 heteroatoms. The number of methoxy groups -OCH3 is 1. The molecule has 172 valence electrons. The predicted molar refractivity (Wildman–Crippen MR) is 134 cm³/mol. The summed E-state index contributed by atoms with van der Waals surface area (Å²) in [5, 5.41) is 10.8. The van der Waals surface area contributed by atoms with Crippen molar-refractivity contribution in [2.45, 2.75) is 6.04 Å². The van der Waals surface area contributed by atoms with Gasteiger partial charge < -0.3 is 14.7 Å². The first-order chi connectivity index (χ1) is 16.4. The lowest BCUT2D eigenvalue weighted by molar-refractivity contribution is -0.117. The van der Waals surface area contributed by atoms with E-state index in [1.807, 2.05) is 73.6 Å². The van der Waals surface area contributed by atoms with Crippen molar-refractivity contribution in [3.63, 3.8) is 0 Å². The van der Waals surface area contributed by atoms with Gasteiger partial charge in [-0.15, -0.1) is 0 Å². The fourth-order valence-electron chi connectivity index (χ4n) is 3.96. The molecule has 0 bridgehead atoms. The Morgan fingerprint density at radius 1 is 0.971 bits per heavy atom. The van der Waals surface area contributed by atoms with Crippen LogP contribution in [0.2, 0.25) is 0 Å². The molecule has 6 nitrogen and oxygen atoms in total. The van der Waals surface area contributed by atoms with Crippen molar-refractivity contribution < 1.29 is 19.4 Å². The molecule has 3 aromatic rings. The van der Waals surface area contributed by atoms with Gasteiger partial charge in [0.15, 0.2) is 11.5 Å². The summed E-state index contributed by atoms with van der Waals surface area (Å²) in [6.45, 7) is 0. The van der Waals surface area contributed by atoms with Gasteiger partial charge >= 0.3 is 0 Å². The summed E-state index contributed by atoms with van der Waals surface area (Å²) in [5.74, 6) is -0.947. The summed E-state index contributed by atoms with van der Waals surface area (Å²) in [5.41, 5.74) is 3.14. The lowest BCUT2D eigenvalue weighted by Gasteiger charge is -2.27. The molecule has 1 atom stereocenters. The number of aliphatic hydroxyl groups excluding tert-OH is 1. The minimum absolute atomic E-state index is 0.0469. The van der Waals surface area contributed by atoms with E-state index in [1.54, 1.807) is 37.5 Å². The number of nitrogens with zero attached hydrogens (tertiary/aromatic N) is 2. The van der Waals surface area contributed by atoms with Crippen molar-refractivity contribution in [2.75, 3.05) is 31.0 Å². The first-order valence-electron chi connectivity index (χ1n) is 10.9. The topological polar surface area (TPSA) is 70.1 Å². The van der Waals surface area contributed by atoms with Crippen LogP contribution in [0.1, 0.15) is 17.2 Å². The Morgan fingerprint density at radius 2 is 1.62 bits per heavy atom. The van der Waals surface area contributed by atoms with E-state index in [0.717, 1.165) is 16.8 Å². The van der Waals surface area contributed by atoms with E-state index in [-0.39, 0.29) is 5.57 Å². The number of hydrogen-bond acceptors (Lipinski definition) is 5. The molecule has 0 unspecified atom stereocenters. The van der Waals surface area contributed by atoms with Crippen molar-refractivity contribution in [3.8, 4) is 5.75 Å². The van der Waals surface area contributed by atoms with Crippen LogP contribution in [0, 0.1) is 0 Å². The van der Waals surface area contributed by atoms with Gasteiger partial charge in [-0.1, -0.05) is 48.5 Å². The number of carbonyl (C=O) groups excluding carboxylic acids is 2. The lowest BCUT2D eigenvalue weighted by Crippen LogP contribution is -2.30. The van der Waals surface area contributed by atoms with Crippen LogP contribution < -0.4 is 14.5 Å². The molecule has 1 aliphatic rings. The molecule has 0 fully saturated rings. The van der Waals surface area contributed by atoms with Crippen molar-refractivity contribution in [1.82, 2.24) is 0 Å². The highest BCUT2D eigenvalue weighted by molar-refractivity contribution is 6.19. The zero-order chi connectivity index (χ0) is 24.2. The third-order valence-electron chi connectivity index (χ3n) is 5.78. The van der Waals surface area contributed by atoms with Gasteiger partial charge in [-0.3, -0.25) is 14.5 Å². The lowest BCUT2D eigenvalue weighted by atomic mass is 9.95. The minimum Gasteiger partial charge on any atom is -0.503 e. The fraction of sp³-hybridized carbons (Fsp3) is 0.143. The molecule has 34 heavy (non-hydrogen) atoms. The number of anilines is 2. The number of rotatable bonds is 7. The van der Waals surface area contributed by atoms with Crippen molar-refractivity contribution >= 4 is 29.1 Å². The van der Waals surface area contributed by atoms with Crippen LogP contribution in [0.4, 0.5) is 11.4 Å². The maximum absolute atomic E-state index is 13.3. The molecule has 1 amide bonds. The number of ether oxygens (including phenoxy) is 1. The zero-order valence-electron chi connectivity index (χ0n) is 19.3. The van der Waals surface area contributed by atoms with Crippen LogP contribution in [0.25, 0.3) is 6.08 Å². The number of benzene rings is 3. The van der Waals surface area contributed by atoms with E-state index in [9.17, 15) is 14.7 Å². The van der Waals surface area contributed by atoms with Gasteiger partial charge in [0.05, 0.1) is 18.7 Å². The monoisotopic (exact) mass is 454 g/mol. The quantitative estimate of drug-likeness (QED) is 0.512. The first-order valence-corrected chi connectivity index (χ1v) is 10.9. The third-order valence-corrected chi connectivity index (χ3v) is 5.78. The second-order valence-electron chi connectivity index (χ2n) is 8.13. The van der Waals surface area contributed by atoms with Crippen LogP contribution in [0.5, 0.6) is 5.75 Å². The molecule has 0 saturated heterocycles. The molecule has 1 aliphatic heterocycles. The summed E-state index contributed by atoms with van der Waals surface area (Å²) in [4.78, 5) is 29.9. The van der Waals surface area contributed by atoms with E-state index < -0.39 is 23.5 Å². The summed E-state index contributed by atoms with van der Waals surface area (Å²) < 4.78 is 5.23. The largest absolute Gasteiger partial charge is 0.503 e. The van der Waals surface area contributed by atoms with E-state index >= 15 is 0 Å². The van der Waals surface area contributed by atoms with Crippen LogP contribution in [-0.4, -0.2) is 38.0 Å². The van der Waals surface area contributed by atoms with Gasteiger partial charge in [-0.05, 0) is 53.6 Å². The van der Waals surface area contributed by atoms with Gasteiger partial charge in [0.2, 0.25) is 0 Å². The Bertz CT molecular complexity index is 1240. The summed E-state index contributed by atoms with van der Waals surface area (Å²) >= 11 is 0. The van der Waals surface area contributed by atoms with E-state index in [1.165, 1.54) is 11.0 Å². The molecule has 1 N–H and O–H groups in total.